The van der Waals surface area contributed by atoms with Crippen molar-refractivity contribution in [2.45, 2.75) is 78.9 Å². The van der Waals surface area contributed by atoms with Crippen molar-refractivity contribution in [3.63, 3.8) is 0 Å². The Morgan fingerprint density at radius 1 is 0.977 bits per heavy atom. The van der Waals surface area contributed by atoms with E-state index in [0.29, 0.717) is 31.3 Å². The first-order valence-electron chi connectivity index (χ1n) is 14.9. The molecule has 0 unspecified atom stereocenters. The lowest BCUT2D eigenvalue weighted by Gasteiger charge is -2.26. The van der Waals surface area contributed by atoms with Gasteiger partial charge in [0.1, 0.15) is 12.1 Å². The summed E-state index contributed by atoms with van der Waals surface area (Å²) in [6, 6.07) is 2.21. The number of hydrogen-bond donors (Lipinski definition) is 3. The van der Waals surface area contributed by atoms with Crippen molar-refractivity contribution in [2.75, 3.05) is 38.4 Å². The van der Waals surface area contributed by atoms with Gasteiger partial charge in [-0.2, -0.15) is 4.98 Å². The fraction of sp³-hybridized carbons (Fsp3) is 0.586. The second-order valence-electron chi connectivity index (χ2n) is 10.9. The number of rotatable bonds is 16. The summed E-state index contributed by atoms with van der Waals surface area (Å²) in [4.78, 5) is 62.0. The number of benzene rings is 1. The van der Waals surface area contributed by atoms with E-state index in [1.807, 2.05) is 42.6 Å². The molecule has 1 aromatic carbocycles. The van der Waals surface area contributed by atoms with Crippen LogP contribution in [0.4, 0.5) is 5.69 Å². The Hall–Kier alpha value is -3.61. The maximum Gasteiger partial charge on any atom is 0.349 e. The first-order valence-corrected chi connectivity index (χ1v) is 16.8. The Kier molecular flexibility index (Phi) is 12.2. The second kappa shape index (κ2) is 15.4. The summed E-state index contributed by atoms with van der Waals surface area (Å²) in [5, 5.41) is 5.74. The number of esters is 2. The average molecular weight is 634 g/mol. The monoisotopic (exact) mass is 633 g/mol. The van der Waals surface area contributed by atoms with Crippen LogP contribution in [0, 0.1) is 6.92 Å². The summed E-state index contributed by atoms with van der Waals surface area (Å²) in [5.74, 6) is -0.847. The Morgan fingerprint density at radius 3 is 2.14 bits per heavy atom. The van der Waals surface area contributed by atoms with Crippen LogP contribution < -0.4 is 26.3 Å². The number of carbonyl (C=O) groups is 2. The van der Waals surface area contributed by atoms with Crippen molar-refractivity contribution in [1.29, 1.82) is 0 Å². The topological polar surface area (TPSA) is 178 Å². The van der Waals surface area contributed by atoms with Gasteiger partial charge in [-0.3, -0.25) is 23.9 Å². The quantitative estimate of drug-likeness (QED) is 0.0911. The summed E-state index contributed by atoms with van der Waals surface area (Å²) < 4.78 is 25.8. The predicted molar refractivity (Wildman–Crippen MR) is 170 cm³/mol. The number of unbranched alkanes of at least 4 members (excludes halogenated alkanes) is 3. The first kappa shape index (κ1) is 34.9. The van der Waals surface area contributed by atoms with Crippen LogP contribution in [-0.2, 0) is 30.2 Å². The number of anilines is 1. The molecule has 0 aromatic heterocycles. The first-order chi connectivity index (χ1) is 20.8. The zero-order chi connectivity index (χ0) is 32.6. The second-order valence-corrected chi connectivity index (χ2v) is 13.4. The van der Waals surface area contributed by atoms with E-state index in [1.165, 1.54) is 0 Å². The third-order valence-electron chi connectivity index (χ3n) is 7.10. The average Bonchev–Trinajstić information content (AvgIpc) is 2.94. The molecule has 0 fully saturated rings. The molecule has 3 rings (SSSR count). The Bertz CT molecular complexity index is 1570. The van der Waals surface area contributed by atoms with Gasteiger partial charge in [0, 0.05) is 32.5 Å². The van der Waals surface area contributed by atoms with Crippen molar-refractivity contribution in [3.8, 4) is 11.5 Å². The van der Waals surface area contributed by atoms with E-state index in [2.05, 4.69) is 25.1 Å². The van der Waals surface area contributed by atoms with Crippen LogP contribution in [0.2, 0.25) is 0 Å². The van der Waals surface area contributed by atoms with Gasteiger partial charge < -0.3 is 18.9 Å². The van der Waals surface area contributed by atoms with E-state index in [0.717, 1.165) is 23.2 Å². The molecule has 0 bridgehead atoms. The third-order valence-corrected chi connectivity index (χ3v) is 9.65. The summed E-state index contributed by atoms with van der Waals surface area (Å²) in [7, 11) is 0.487. The van der Waals surface area contributed by atoms with E-state index in [-0.39, 0.29) is 30.9 Å². The number of aromatic amines is 1. The highest BCUT2D eigenvalue weighted by Crippen LogP contribution is 2.39. The van der Waals surface area contributed by atoms with Gasteiger partial charge in [-0.05, 0) is 65.2 Å². The van der Waals surface area contributed by atoms with Gasteiger partial charge in [0.05, 0.1) is 24.2 Å². The molecular weight excluding hydrogens is 589 g/mol. The number of hydrogen-bond acceptors (Lipinski definition) is 10. The SMILES string of the molecule is CCOC(=O)[C@H](C)NP(=O)(CCCCCCn1c2nc(=O)[nH]c(=O)c-2nc2cc(C)c(N(C)C)cc21)N[C@@H](C)C(=O)OCC. The minimum atomic E-state index is -3.39. The van der Waals surface area contributed by atoms with Crippen molar-refractivity contribution in [2.24, 2.45) is 0 Å². The molecule has 2 heterocycles. The molecule has 44 heavy (non-hydrogen) atoms. The zero-order valence-electron chi connectivity index (χ0n) is 26.6. The Balaban J connectivity index is 1.76. The molecule has 0 spiro atoms. The number of H-pyrrole nitrogens is 1. The molecule has 242 valence electrons. The largest absolute Gasteiger partial charge is 0.465 e. The van der Waals surface area contributed by atoms with Gasteiger partial charge >= 0.3 is 17.6 Å². The van der Waals surface area contributed by atoms with Crippen LogP contribution in [-0.4, -0.2) is 77.0 Å². The minimum absolute atomic E-state index is 0.0960. The van der Waals surface area contributed by atoms with E-state index < -0.39 is 42.7 Å². The lowest BCUT2D eigenvalue weighted by Crippen LogP contribution is -2.42. The summed E-state index contributed by atoms with van der Waals surface area (Å²) >= 11 is 0. The predicted octanol–water partition coefficient (Wildman–Crippen LogP) is 2.79. The number of nitrogens with one attached hydrogen (secondary N) is 3. The minimum Gasteiger partial charge on any atom is -0.465 e. The maximum atomic E-state index is 13.9. The van der Waals surface area contributed by atoms with Crippen molar-refractivity contribution in [1.82, 2.24) is 29.7 Å². The Labute approximate surface area is 256 Å². The van der Waals surface area contributed by atoms with Gasteiger partial charge in [0.15, 0.2) is 11.5 Å². The van der Waals surface area contributed by atoms with E-state index in [9.17, 15) is 23.7 Å². The molecule has 0 saturated heterocycles. The van der Waals surface area contributed by atoms with Crippen LogP contribution in [0.15, 0.2) is 21.7 Å². The molecule has 0 aliphatic carbocycles. The zero-order valence-corrected chi connectivity index (χ0v) is 27.5. The van der Waals surface area contributed by atoms with Crippen molar-refractivity contribution in [3.05, 3.63) is 38.5 Å². The number of fused-ring (bicyclic) bond motifs is 2. The van der Waals surface area contributed by atoms with E-state index >= 15 is 0 Å². The fourth-order valence-corrected chi connectivity index (χ4v) is 7.50. The number of aromatic nitrogens is 4. The molecule has 0 saturated carbocycles. The summed E-state index contributed by atoms with van der Waals surface area (Å²) in [6.45, 7) is 9.34. The van der Waals surface area contributed by atoms with Crippen LogP contribution >= 0.6 is 7.44 Å². The number of aryl methyl sites for hydroxylation is 2. The van der Waals surface area contributed by atoms with E-state index in [4.69, 9.17) is 9.47 Å². The number of ether oxygens (including phenoxy) is 2. The Morgan fingerprint density at radius 2 is 1.57 bits per heavy atom. The summed E-state index contributed by atoms with van der Waals surface area (Å²) in [5.41, 5.74) is 2.12. The molecule has 14 nitrogen and oxygen atoms in total. The molecule has 0 radical (unpaired) electrons. The summed E-state index contributed by atoms with van der Waals surface area (Å²) in [6.07, 6.45) is 2.84. The van der Waals surface area contributed by atoms with Crippen LogP contribution in [0.3, 0.4) is 0 Å². The highest BCUT2D eigenvalue weighted by Gasteiger charge is 2.31. The van der Waals surface area contributed by atoms with Crippen LogP contribution in [0.1, 0.15) is 58.9 Å². The van der Waals surface area contributed by atoms with E-state index in [1.54, 1.807) is 27.7 Å². The molecule has 3 N–H and O–H groups in total. The third kappa shape index (κ3) is 8.73. The lowest BCUT2D eigenvalue weighted by atomic mass is 10.1. The fourth-order valence-electron chi connectivity index (χ4n) is 5.03. The molecule has 15 heteroatoms. The molecule has 2 atom stereocenters. The molecule has 0 amide bonds. The molecular formula is C29H44N7O7P. The normalized spacial score (nSPS) is 13.2. The molecule has 1 aromatic rings. The van der Waals surface area contributed by atoms with Gasteiger partial charge in [-0.25, -0.2) is 20.0 Å². The van der Waals surface area contributed by atoms with Crippen LogP contribution in [0.5, 0.6) is 0 Å². The standard InChI is InChI=1S/C29H44N7O7P/c1-8-42-27(38)19(4)33-44(41,34-20(5)28(39)43-9-2)15-13-11-10-12-14-36-23-17-22(35(6)7)18(3)16-21(23)30-24-25(36)31-29(40)32-26(24)37/h16-17,19-20H,8-15H2,1-7H3,(H,32,37,40)(H2,33,34,41)/t19-,20-/m0/s1. The smallest absolute Gasteiger partial charge is 0.349 e. The highest BCUT2D eigenvalue weighted by molar-refractivity contribution is 7.59. The van der Waals surface area contributed by atoms with Crippen molar-refractivity contribution < 1.29 is 23.6 Å². The number of carbonyl (C=O) groups excluding carboxylic acids is 2. The maximum absolute atomic E-state index is 13.9. The van der Waals surface area contributed by atoms with Gasteiger partial charge in [-0.1, -0.05) is 12.8 Å². The molecule has 2 aliphatic rings. The van der Waals surface area contributed by atoms with Crippen LogP contribution in [0.25, 0.3) is 22.6 Å². The number of nitrogens with zero attached hydrogens (tertiary/aromatic N) is 4. The lowest BCUT2D eigenvalue weighted by molar-refractivity contribution is -0.145. The van der Waals surface area contributed by atoms with Gasteiger partial charge in [-0.15, -0.1) is 0 Å². The van der Waals surface area contributed by atoms with Gasteiger partial charge in [0.25, 0.3) is 5.56 Å². The van der Waals surface area contributed by atoms with Gasteiger partial charge in [0.2, 0.25) is 7.44 Å². The highest BCUT2D eigenvalue weighted by atomic mass is 31.2. The van der Waals surface area contributed by atoms with Crippen molar-refractivity contribution >= 4 is 36.1 Å². The molecule has 2 aliphatic heterocycles.